The predicted molar refractivity (Wildman–Crippen MR) is 65.9 cm³/mol. The van der Waals surface area contributed by atoms with Crippen molar-refractivity contribution in [2.24, 2.45) is 5.92 Å². The highest BCUT2D eigenvalue weighted by Gasteiger charge is 2.29. The first-order valence-electron chi connectivity index (χ1n) is 6.85. The SMILES string of the molecule is CCOC(c1noc([C@H](C)O)n1)C1CCCCC1. The van der Waals surface area contributed by atoms with Gasteiger partial charge in [-0.2, -0.15) is 4.98 Å². The molecule has 1 saturated carbocycles. The lowest BCUT2D eigenvalue weighted by atomic mass is 9.85. The fourth-order valence-corrected chi connectivity index (χ4v) is 2.57. The Morgan fingerprint density at radius 1 is 1.39 bits per heavy atom. The molecule has 2 rings (SSSR count). The van der Waals surface area contributed by atoms with Crippen LogP contribution in [0, 0.1) is 5.92 Å². The maximum atomic E-state index is 9.42. The van der Waals surface area contributed by atoms with E-state index in [0.29, 0.717) is 18.3 Å². The lowest BCUT2D eigenvalue weighted by molar-refractivity contribution is -0.00145. The summed E-state index contributed by atoms with van der Waals surface area (Å²) in [6, 6.07) is 0. The molecule has 1 aliphatic rings. The standard InChI is InChI=1S/C13H22N2O3/c1-3-17-11(10-7-5-4-6-8-10)12-14-13(9(2)16)18-15-12/h9-11,16H,3-8H2,1-2H3/t9-,11?/m0/s1. The van der Waals surface area contributed by atoms with Crippen molar-refractivity contribution in [3.63, 3.8) is 0 Å². The van der Waals surface area contributed by atoms with E-state index < -0.39 is 6.10 Å². The van der Waals surface area contributed by atoms with Crippen LogP contribution in [0.15, 0.2) is 4.52 Å². The molecule has 5 heteroatoms. The van der Waals surface area contributed by atoms with E-state index in [1.54, 1.807) is 6.92 Å². The number of hydrogen-bond donors (Lipinski definition) is 1. The minimum Gasteiger partial charge on any atom is -0.384 e. The largest absolute Gasteiger partial charge is 0.384 e. The lowest BCUT2D eigenvalue weighted by Gasteiger charge is -2.27. The van der Waals surface area contributed by atoms with Gasteiger partial charge in [-0.25, -0.2) is 0 Å². The smallest absolute Gasteiger partial charge is 0.255 e. The van der Waals surface area contributed by atoms with Crippen molar-refractivity contribution >= 4 is 0 Å². The molecule has 0 amide bonds. The number of rotatable bonds is 5. The van der Waals surface area contributed by atoms with Gasteiger partial charge in [0, 0.05) is 6.61 Å². The Labute approximate surface area is 108 Å². The minimum atomic E-state index is -0.722. The Morgan fingerprint density at radius 3 is 2.67 bits per heavy atom. The third kappa shape index (κ3) is 3.09. The quantitative estimate of drug-likeness (QED) is 0.875. The molecule has 102 valence electrons. The second-order valence-corrected chi connectivity index (χ2v) is 4.94. The Kier molecular flexibility index (Phi) is 4.72. The first-order valence-corrected chi connectivity index (χ1v) is 6.85. The van der Waals surface area contributed by atoms with Crippen LogP contribution in [0.25, 0.3) is 0 Å². The van der Waals surface area contributed by atoms with Crippen molar-refractivity contribution in [1.29, 1.82) is 0 Å². The van der Waals surface area contributed by atoms with Crippen molar-refractivity contribution in [1.82, 2.24) is 10.1 Å². The van der Waals surface area contributed by atoms with Gasteiger partial charge in [-0.3, -0.25) is 0 Å². The summed E-state index contributed by atoms with van der Waals surface area (Å²) in [5.74, 6) is 1.32. The summed E-state index contributed by atoms with van der Waals surface area (Å²) in [4.78, 5) is 4.25. The molecule has 1 unspecified atom stereocenters. The van der Waals surface area contributed by atoms with E-state index in [-0.39, 0.29) is 12.0 Å². The molecule has 1 aromatic rings. The van der Waals surface area contributed by atoms with E-state index in [1.807, 2.05) is 6.92 Å². The minimum absolute atomic E-state index is 0.0912. The first-order chi connectivity index (χ1) is 8.72. The van der Waals surface area contributed by atoms with Gasteiger partial charge >= 0.3 is 0 Å². The summed E-state index contributed by atoms with van der Waals surface area (Å²) in [6.45, 7) is 4.23. The van der Waals surface area contributed by atoms with Gasteiger partial charge in [-0.05, 0) is 32.6 Å². The summed E-state index contributed by atoms with van der Waals surface area (Å²) in [6.07, 6.45) is 5.30. The first kappa shape index (κ1) is 13.5. The van der Waals surface area contributed by atoms with Crippen LogP contribution in [-0.4, -0.2) is 21.9 Å². The van der Waals surface area contributed by atoms with Crippen LogP contribution < -0.4 is 0 Å². The molecule has 1 heterocycles. The second kappa shape index (κ2) is 6.29. The Bertz CT molecular complexity index is 359. The topological polar surface area (TPSA) is 68.4 Å². The Hall–Kier alpha value is -0.940. The van der Waals surface area contributed by atoms with Crippen LogP contribution in [0.1, 0.15) is 69.9 Å². The molecule has 5 nitrogen and oxygen atoms in total. The molecular formula is C13H22N2O3. The number of aliphatic hydroxyl groups excluding tert-OH is 1. The van der Waals surface area contributed by atoms with Crippen LogP contribution in [0.4, 0.5) is 0 Å². The molecule has 0 aromatic carbocycles. The molecule has 1 N–H and O–H groups in total. The summed E-state index contributed by atoms with van der Waals surface area (Å²) in [5.41, 5.74) is 0. The highest BCUT2D eigenvalue weighted by molar-refractivity contribution is 4.96. The Morgan fingerprint density at radius 2 is 2.11 bits per heavy atom. The van der Waals surface area contributed by atoms with Gasteiger partial charge in [-0.15, -0.1) is 0 Å². The number of hydrogen-bond acceptors (Lipinski definition) is 5. The van der Waals surface area contributed by atoms with Gasteiger partial charge in [0.05, 0.1) is 0 Å². The molecule has 2 atom stereocenters. The maximum absolute atomic E-state index is 9.42. The van der Waals surface area contributed by atoms with Gasteiger partial charge < -0.3 is 14.4 Å². The Balaban J connectivity index is 2.11. The van der Waals surface area contributed by atoms with E-state index in [1.165, 1.54) is 19.3 Å². The number of nitrogens with zero attached hydrogens (tertiary/aromatic N) is 2. The summed E-state index contributed by atoms with van der Waals surface area (Å²) < 4.78 is 10.8. The average molecular weight is 254 g/mol. The van der Waals surface area contributed by atoms with Crippen LogP contribution >= 0.6 is 0 Å². The van der Waals surface area contributed by atoms with Crippen molar-refractivity contribution < 1.29 is 14.4 Å². The predicted octanol–water partition coefficient (Wildman–Crippen LogP) is 2.78. The number of aromatic nitrogens is 2. The van der Waals surface area contributed by atoms with Crippen LogP contribution in [0.3, 0.4) is 0 Å². The fraction of sp³-hybridized carbons (Fsp3) is 0.846. The molecule has 0 bridgehead atoms. The molecule has 0 radical (unpaired) electrons. The number of ether oxygens (including phenoxy) is 1. The van der Waals surface area contributed by atoms with Crippen molar-refractivity contribution in [3.8, 4) is 0 Å². The normalized spacial score (nSPS) is 20.8. The van der Waals surface area contributed by atoms with Gasteiger partial charge in [0.1, 0.15) is 12.2 Å². The monoisotopic (exact) mass is 254 g/mol. The summed E-state index contributed by atoms with van der Waals surface area (Å²) in [7, 11) is 0. The zero-order chi connectivity index (χ0) is 13.0. The molecule has 18 heavy (non-hydrogen) atoms. The summed E-state index contributed by atoms with van der Waals surface area (Å²) in [5, 5.41) is 13.4. The molecule has 1 aromatic heterocycles. The lowest BCUT2D eigenvalue weighted by Crippen LogP contribution is -2.20. The third-order valence-corrected chi connectivity index (χ3v) is 3.49. The summed E-state index contributed by atoms with van der Waals surface area (Å²) >= 11 is 0. The molecule has 1 fully saturated rings. The van der Waals surface area contributed by atoms with E-state index in [0.717, 1.165) is 12.8 Å². The molecule has 0 saturated heterocycles. The molecular weight excluding hydrogens is 232 g/mol. The maximum Gasteiger partial charge on any atom is 0.255 e. The van der Waals surface area contributed by atoms with E-state index in [9.17, 15) is 5.11 Å². The van der Waals surface area contributed by atoms with Gasteiger partial charge in [0.2, 0.25) is 5.82 Å². The zero-order valence-electron chi connectivity index (χ0n) is 11.1. The second-order valence-electron chi connectivity index (χ2n) is 4.94. The molecule has 0 aliphatic heterocycles. The van der Waals surface area contributed by atoms with Crippen LogP contribution in [0.5, 0.6) is 0 Å². The highest BCUT2D eigenvalue weighted by atomic mass is 16.5. The van der Waals surface area contributed by atoms with Crippen LogP contribution in [-0.2, 0) is 4.74 Å². The van der Waals surface area contributed by atoms with E-state index >= 15 is 0 Å². The van der Waals surface area contributed by atoms with Crippen molar-refractivity contribution in [2.45, 2.75) is 58.2 Å². The fourth-order valence-electron chi connectivity index (χ4n) is 2.57. The van der Waals surface area contributed by atoms with Crippen molar-refractivity contribution in [3.05, 3.63) is 11.7 Å². The molecule has 0 spiro atoms. The highest BCUT2D eigenvalue weighted by Crippen LogP contribution is 2.35. The average Bonchev–Trinajstić information content (AvgIpc) is 2.86. The van der Waals surface area contributed by atoms with Gasteiger partial charge in [-0.1, -0.05) is 24.4 Å². The van der Waals surface area contributed by atoms with E-state index in [4.69, 9.17) is 9.26 Å². The third-order valence-electron chi connectivity index (χ3n) is 3.49. The van der Waals surface area contributed by atoms with Crippen LogP contribution in [0.2, 0.25) is 0 Å². The van der Waals surface area contributed by atoms with Crippen molar-refractivity contribution in [2.75, 3.05) is 6.61 Å². The zero-order valence-corrected chi connectivity index (χ0v) is 11.1. The van der Waals surface area contributed by atoms with Gasteiger partial charge in [0.25, 0.3) is 5.89 Å². The van der Waals surface area contributed by atoms with Gasteiger partial charge in [0.15, 0.2) is 0 Å². The molecule has 1 aliphatic carbocycles. The number of aliphatic hydroxyl groups is 1. The van der Waals surface area contributed by atoms with E-state index in [2.05, 4.69) is 10.1 Å².